The lowest BCUT2D eigenvalue weighted by Gasteiger charge is -2.08. The van der Waals surface area contributed by atoms with Gasteiger partial charge in [-0.15, -0.1) is 16.8 Å². The van der Waals surface area contributed by atoms with Gasteiger partial charge in [0.05, 0.1) is 22.3 Å². The molecule has 0 aliphatic rings. The maximum absolute atomic E-state index is 12.2. The number of nitrogens with zero attached hydrogens (tertiary/aromatic N) is 5. The number of nitro benzene ring substituents is 1. The van der Waals surface area contributed by atoms with Crippen LogP contribution in [0.5, 0.6) is 0 Å². The lowest BCUT2D eigenvalue weighted by Crippen LogP contribution is -2.14. The van der Waals surface area contributed by atoms with E-state index >= 15 is 0 Å². The molecule has 0 aliphatic heterocycles. The molecule has 0 fully saturated rings. The average Bonchev–Trinajstić information content (AvgIpc) is 3.15. The van der Waals surface area contributed by atoms with Crippen molar-refractivity contribution >= 4 is 29.0 Å². The number of carbonyl (C=O) groups is 1. The minimum absolute atomic E-state index is 0.0115. The Hall–Kier alpha value is -3.97. The maximum Gasteiger partial charge on any atom is 0.269 e. The van der Waals surface area contributed by atoms with Crippen molar-refractivity contribution in [2.45, 2.75) is 11.7 Å². The maximum atomic E-state index is 12.2. The Morgan fingerprint density at radius 2 is 1.93 bits per heavy atom. The van der Waals surface area contributed by atoms with Crippen molar-refractivity contribution in [1.29, 1.82) is 5.26 Å². The molecule has 150 valence electrons. The van der Waals surface area contributed by atoms with Crippen LogP contribution in [0.15, 0.2) is 66.3 Å². The summed E-state index contributed by atoms with van der Waals surface area (Å²) in [6.07, 6.45) is 1.68. The number of aromatic nitrogens is 3. The standard InChI is InChI=1S/C20H16N6O3S/c1-2-11-25-19(15-5-9-17(10-6-15)26(28)29)23-24-20(25)30-13-18(27)22-16-7-3-14(12-21)4-8-16/h2-10H,1,11,13H2,(H,22,27). The minimum Gasteiger partial charge on any atom is -0.325 e. The molecule has 0 unspecified atom stereocenters. The summed E-state index contributed by atoms with van der Waals surface area (Å²) in [4.78, 5) is 22.6. The number of nitro groups is 1. The second-order valence-electron chi connectivity index (χ2n) is 6.04. The fourth-order valence-electron chi connectivity index (χ4n) is 2.59. The molecule has 9 nitrogen and oxygen atoms in total. The van der Waals surface area contributed by atoms with Gasteiger partial charge in [0, 0.05) is 29.9 Å². The quantitative estimate of drug-likeness (QED) is 0.255. The summed E-state index contributed by atoms with van der Waals surface area (Å²) in [5.74, 6) is 0.407. The number of thioether (sulfide) groups is 1. The number of non-ortho nitro benzene ring substituents is 1. The van der Waals surface area contributed by atoms with Crippen molar-refractivity contribution in [2.24, 2.45) is 0 Å². The van der Waals surface area contributed by atoms with Crippen molar-refractivity contribution in [2.75, 3.05) is 11.1 Å². The second kappa shape index (κ2) is 9.49. The van der Waals surface area contributed by atoms with E-state index in [1.54, 1.807) is 47.0 Å². The zero-order valence-electron chi connectivity index (χ0n) is 15.7. The van der Waals surface area contributed by atoms with Crippen LogP contribution < -0.4 is 5.32 Å². The van der Waals surface area contributed by atoms with Gasteiger partial charge in [-0.25, -0.2) is 0 Å². The number of amides is 1. The van der Waals surface area contributed by atoms with Crippen LogP contribution in [0.4, 0.5) is 11.4 Å². The van der Waals surface area contributed by atoms with E-state index in [1.165, 1.54) is 23.9 Å². The zero-order valence-corrected chi connectivity index (χ0v) is 16.5. The first kappa shape index (κ1) is 20.8. The van der Waals surface area contributed by atoms with Gasteiger partial charge in [0.1, 0.15) is 0 Å². The van der Waals surface area contributed by atoms with Gasteiger partial charge < -0.3 is 5.32 Å². The van der Waals surface area contributed by atoms with Crippen LogP contribution in [-0.4, -0.2) is 31.3 Å². The van der Waals surface area contributed by atoms with Crippen LogP contribution in [0.25, 0.3) is 11.4 Å². The first-order chi connectivity index (χ1) is 14.5. The number of benzene rings is 2. The third-order valence-electron chi connectivity index (χ3n) is 3.99. The molecule has 1 N–H and O–H groups in total. The molecule has 1 aromatic heterocycles. The monoisotopic (exact) mass is 420 g/mol. The highest BCUT2D eigenvalue weighted by atomic mass is 32.2. The molecule has 10 heteroatoms. The highest BCUT2D eigenvalue weighted by Gasteiger charge is 2.16. The number of carbonyl (C=O) groups excluding carboxylic acids is 1. The van der Waals surface area contributed by atoms with Gasteiger partial charge in [0.2, 0.25) is 5.91 Å². The Balaban J connectivity index is 1.71. The molecule has 0 saturated heterocycles. The van der Waals surface area contributed by atoms with Crippen LogP contribution in [0, 0.1) is 21.4 Å². The van der Waals surface area contributed by atoms with Gasteiger partial charge in [-0.2, -0.15) is 5.26 Å². The lowest BCUT2D eigenvalue weighted by atomic mass is 10.2. The van der Waals surface area contributed by atoms with Crippen LogP contribution in [-0.2, 0) is 11.3 Å². The van der Waals surface area contributed by atoms with Crippen molar-refractivity contribution in [3.63, 3.8) is 0 Å². The molecule has 0 aliphatic carbocycles. The predicted octanol–water partition coefficient (Wildman–Crippen LogP) is 3.64. The van der Waals surface area contributed by atoms with Crippen molar-refractivity contribution < 1.29 is 9.72 Å². The number of nitriles is 1. The molecule has 30 heavy (non-hydrogen) atoms. The topological polar surface area (TPSA) is 127 Å². The first-order valence-corrected chi connectivity index (χ1v) is 9.72. The molecule has 3 rings (SSSR count). The number of hydrogen-bond donors (Lipinski definition) is 1. The Kier molecular flexibility index (Phi) is 6.56. The number of nitrogens with one attached hydrogen (secondary N) is 1. The summed E-state index contributed by atoms with van der Waals surface area (Å²) in [7, 11) is 0. The summed E-state index contributed by atoms with van der Waals surface area (Å²) < 4.78 is 1.79. The Labute approximate surface area is 176 Å². The van der Waals surface area contributed by atoms with Gasteiger partial charge >= 0.3 is 0 Å². The van der Waals surface area contributed by atoms with E-state index in [-0.39, 0.29) is 17.3 Å². The van der Waals surface area contributed by atoms with Gasteiger partial charge in [0.25, 0.3) is 5.69 Å². The number of anilines is 1. The van der Waals surface area contributed by atoms with Crippen LogP contribution in [0.3, 0.4) is 0 Å². The molecule has 0 radical (unpaired) electrons. The highest BCUT2D eigenvalue weighted by Crippen LogP contribution is 2.26. The minimum atomic E-state index is -0.466. The smallest absolute Gasteiger partial charge is 0.269 e. The second-order valence-corrected chi connectivity index (χ2v) is 6.98. The van der Waals surface area contributed by atoms with Crippen LogP contribution in [0.2, 0.25) is 0 Å². The van der Waals surface area contributed by atoms with E-state index < -0.39 is 4.92 Å². The van der Waals surface area contributed by atoms with E-state index in [0.29, 0.717) is 34.3 Å². The largest absolute Gasteiger partial charge is 0.325 e. The first-order valence-electron chi connectivity index (χ1n) is 8.73. The normalized spacial score (nSPS) is 10.2. The van der Waals surface area contributed by atoms with E-state index in [1.807, 2.05) is 6.07 Å². The lowest BCUT2D eigenvalue weighted by molar-refractivity contribution is -0.384. The fraction of sp³-hybridized carbons (Fsp3) is 0.100. The van der Waals surface area contributed by atoms with Crippen LogP contribution >= 0.6 is 11.8 Å². The molecule has 0 atom stereocenters. The molecular weight excluding hydrogens is 404 g/mol. The van der Waals surface area contributed by atoms with E-state index in [2.05, 4.69) is 22.1 Å². The Morgan fingerprint density at radius 3 is 2.53 bits per heavy atom. The molecule has 1 heterocycles. The van der Waals surface area contributed by atoms with Crippen LogP contribution in [0.1, 0.15) is 5.56 Å². The highest BCUT2D eigenvalue weighted by molar-refractivity contribution is 7.99. The molecule has 2 aromatic carbocycles. The van der Waals surface area contributed by atoms with Crippen molar-refractivity contribution in [3.8, 4) is 17.5 Å². The van der Waals surface area contributed by atoms with Gasteiger partial charge in [-0.1, -0.05) is 17.8 Å². The Bertz CT molecular complexity index is 1120. The summed E-state index contributed by atoms with van der Waals surface area (Å²) in [6.45, 7) is 4.15. The molecule has 3 aromatic rings. The summed E-state index contributed by atoms with van der Waals surface area (Å²) in [5.41, 5.74) is 1.77. The van der Waals surface area contributed by atoms with Gasteiger partial charge in [0.15, 0.2) is 11.0 Å². The predicted molar refractivity (Wildman–Crippen MR) is 113 cm³/mol. The average molecular weight is 420 g/mol. The van der Waals surface area contributed by atoms with E-state index in [9.17, 15) is 14.9 Å². The Morgan fingerprint density at radius 1 is 1.23 bits per heavy atom. The molecule has 0 bridgehead atoms. The number of rotatable bonds is 8. The SMILES string of the molecule is C=CCn1c(SCC(=O)Nc2ccc(C#N)cc2)nnc1-c1ccc([N+](=O)[O-])cc1. The molecule has 1 amide bonds. The summed E-state index contributed by atoms with van der Waals surface area (Å²) in [5, 5.41) is 31.3. The molecule has 0 saturated carbocycles. The van der Waals surface area contributed by atoms with Crippen molar-refractivity contribution in [3.05, 3.63) is 76.9 Å². The third-order valence-corrected chi connectivity index (χ3v) is 4.96. The number of hydrogen-bond acceptors (Lipinski definition) is 7. The molecule has 0 spiro atoms. The van der Waals surface area contributed by atoms with E-state index in [0.717, 1.165) is 0 Å². The van der Waals surface area contributed by atoms with E-state index in [4.69, 9.17) is 5.26 Å². The number of allylic oxidation sites excluding steroid dienone is 1. The van der Waals surface area contributed by atoms with Gasteiger partial charge in [-0.05, 0) is 36.4 Å². The third kappa shape index (κ3) is 4.89. The molecular formula is C20H16N6O3S. The summed E-state index contributed by atoms with van der Waals surface area (Å²) in [6, 6.07) is 14.6. The fourth-order valence-corrected chi connectivity index (χ4v) is 3.34. The van der Waals surface area contributed by atoms with Gasteiger partial charge in [-0.3, -0.25) is 19.5 Å². The zero-order chi connectivity index (χ0) is 21.5. The van der Waals surface area contributed by atoms with Crippen molar-refractivity contribution in [1.82, 2.24) is 14.8 Å². The summed E-state index contributed by atoms with van der Waals surface area (Å²) >= 11 is 1.21.